The molecule has 0 saturated carbocycles. The van der Waals surface area contributed by atoms with Crippen molar-refractivity contribution in [2.75, 3.05) is 11.9 Å². The van der Waals surface area contributed by atoms with Crippen molar-refractivity contribution >= 4 is 11.7 Å². The van der Waals surface area contributed by atoms with Crippen LogP contribution in [-0.2, 0) is 4.79 Å². The standard InChI is InChI=1S/C11H15N3O/c1-8-4-5-10(13-7-8)14-11(15)9-3-2-6-12-9/h4-5,7,9,12H,2-3,6H2,1H3,(H,13,14,15)/t9-/m0/s1. The monoisotopic (exact) mass is 205 g/mol. The van der Waals surface area contributed by atoms with Crippen molar-refractivity contribution in [3.63, 3.8) is 0 Å². The number of nitrogens with one attached hydrogen (secondary N) is 2. The zero-order valence-corrected chi connectivity index (χ0v) is 8.79. The topological polar surface area (TPSA) is 54.0 Å². The Morgan fingerprint density at radius 1 is 1.60 bits per heavy atom. The minimum atomic E-state index is -0.0481. The molecule has 0 bridgehead atoms. The Bertz CT molecular complexity index is 341. The normalized spacial score (nSPS) is 20.2. The fourth-order valence-electron chi connectivity index (χ4n) is 1.66. The molecule has 1 aliphatic heterocycles. The second-order valence-corrected chi connectivity index (χ2v) is 3.86. The number of aryl methyl sites for hydroxylation is 1. The maximum atomic E-state index is 11.7. The van der Waals surface area contributed by atoms with Gasteiger partial charge in [-0.3, -0.25) is 4.79 Å². The van der Waals surface area contributed by atoms with Gasteiger partial charge in [0.05, 0.1) is 6.04 Å². The van der Waals surface area contributed by atoms with Crippen molar-refractivity contribution in [2.24, 2.45) is 0 Å². The lowest BCUT2D eigenvalue weighted by Crippen LogP contribution is -2.35. The second kappa shape index (κ2) is 4.40. The van der Waals surface area contributed by atoms with Gasteiger partial charge >= 0.3 is 0 Å². The largest absolute Gasteiger partial charge is 0.309 e. The molecular formula is C11H15N3O. The molecule has 0 spiro atoms. The molecule has 80 valence electrons. The fraction of sp³-hybridized carbons (Fsp3) is 0.455. The summed E-state index contributed by atoms with van der Waals surface area (Å²) in [6.45, 7) is 2.90. The maximum Gasteiger partial charge on any atom is 0.242 e. The van der Waals surface area contributed by atoms with E-state index < -0.39 is 0 Å². The van der Waals surface area contributed by atoms with Crippen molar-refractivity contribution in [1.82, 2.24) is 10.3 Å². The van der Waals surface area contributed by atoms with Crippen LogP contribution in [0.4, 0.5) is 5.82 Å². The summed E-state index contributed by atoms with van der Waals surface area (Å²) >= 11 is 0. The summed E-state index contributed by atoms with van der Waals surface area (Å²) < 4.78 is 0. The number of amides is 1. The van der Waals surface area contributed by atoms with Crippen LogP contribution in [0.5, 0.6) is 0 Å². The first-order valence-corrected chi connectivity index (χ1v) is 5.22. The summed E-state index contributed by atoms with van der Waals surface area (Å²) in [4.78, 5) is 15.8. The maximum absolute atomic E-state index is 11.7. The van der Waals surface area contributed by atoms with E-state index in [-0.39, 0.29) is 11.9 Å². The van der Waals surface area contributed by atoms with Crippen molar-refractivity contribution in [3.05, 3.63) is 23.9 Å². The Balaban J connectivity index is 1.96. The number of pyridine rings is 1. The van der Waals surface area contributed by atoms with Crippen LogP contribution in [-0.4, -0.2) is 23.5 Å². The molecule has 1 fully saturated rings. The smallest absolute Gasteiger partial charge is 0.242 e. The van der Waals surface area contributed by atoms with Crippen molar-refractivity contribution in [3.8, 4) is 0 Å². The summed E-state index contributed by atoms with van der Waals surface area (Å²) in [5.74, 6) is 0.642. The van der Waals surface area contributed by atoms with E-state index in [1.54, 1.807) is 6.20 Å². The predicted molar refractivity (Wildman–Crippen MR) is 58.6 cm³/mol. The highest BCUT2D eigenvalue weighted by Crippen LogP contribution is 2.09. The molecule has 0 unspecified atom stereocenters. The molecule has 1 amide bonds. The third kappa shape index (κ3) is 2.53. The molecule has 2 heterocycles. The molecule has 2 rings (SSSR count). The van der Waals surface area contributed by atoms with E-state index in [1.165, 1.54) is 0 Å². The van der Waals surface area contributed by atoms with Gasteiger partial charge in [0.25, 0.3) is 0 Å². The van der Waals surface area contributed by atoms with Crippen LogP contribution in [0.2, 0.25) is 0 Å². The number of rotatable bonds is 2. The van der Waals surface area contributed by atoms with Gasteiger partial charge < -0.3 is 10.6 Å². The zero-order valence-electron chi connectivity index (χ0n) is 8.79. The van der Waals surface area contributed by atoms with Crippen LogP contribution in [0.1, 0.15) is 18.4 Å². The van der Waals surface area contributed by atoms with Crippen LogP contribution in [0, 0.1) is 6.92 Å². The summed E-state index contributed by atoms with van der Waals surface area (Å²) in [7, 11) is 0. The lowest BCUT2D eigenvalue weighted by Gasteiger charge is -2.10. The van der Waals surface area contributed by atoms with Gasteiger partial charge in [0, 0.05) is 6.20 Å². The first-order valence-electron chi connectivity index (χ1n) is 5.22. The molecule has 4 nitrogen and oxygen atoms in total. The van der Waals surface area contributed by atoms with E-state index in [4.69, 9.17) is 0 Å². The highest BCUT2D eigenvalue weighted by atomic mass is 16.2. The minimum absolute atomic E-state index is 0.0175. The van der Waals surface area contributed by atoms with Gasteiger partial charge in [0.2, 0.25) is 5.91 Å². The highest BCUT2D eigenvalue weighted by molar-refractivity contribution is 5.94. The average Bonchev–Trinajstić information content (AvgIpc) is 2.74. The van der Waals surface area contributed by atoms with Gasteiger partial charge in [-0.2, -0.15) is 0 Å². The van der Waals surface area contributed by atoms with Gasteiger partial charge in [-0.1, -0.05) is 6.07 Å². The summed E-state index contributed by atoms with van der Waals surface area (Å²) in [6, 6.07) is 3.71. The first kappa shape index (κ1) is 10.1. The minimum Gasteiger partial charge on any atom is -0.309 e. The van der Waals surface area contributed by atoms with Crippen LogP contribution in [0.3, 0.4) is 0 Å². The van der Waals surface area contributed by atoms with Gasteiger partial charge in [0.1, 0.15) is 5.82 Å². The van der Waals surface area contributed by atoms with Crippen LogP contribution in [0.25, 0.3) is 0 Å². The first-order chi connectivity index (χ1) is 7.25. The molecule has 1 aromatic rings. The highest BCUT2D eigenvalue weighted by Gasteiger charge is 2.21. The molecule has 1 aliphatic rings. The SMILES string of the molecule is Cc1ccc(NC(=O)[C@@H]2CCCN2)nc1. The lowest BCUT2D eigenvalue weighted by atomic mass is 10.2. The van der Waals surface area contributed by atoms with Crippen LogP contribution in [0.15, 0.2) is 18.3 Å². The van der Waals surface area contributed by atoms with Crippen molar-refractivity contribution in [1.29, 1.82) is 0 Å². The Labute approximate surface area is 89.1 Å². The molecule has 4 heteroatoms. The quantitative estimate of drug-likeness (QED) is 0.759. The number of hydrogen-bond acceptors (Lipinski definition) is 3. The Kier molecular flexibility index (Phi) is 2.97. The van der Waals surface area contributed by atoms with Crippen molar-refractivity contribution in [2.45, 2.75) is 25.8 Å². The van der Waals surface area contributed by atoms with Gasteiger partial charge in [0.15, 0.2) is 0 Å². The molecule has 2 N–H and O–H groups in total. The predicted octanol–water partition coefficient (Wildman–Crippen LogP) is 1.08. The Morgan fingerprint density at radius 3 is 3.07 bits per heavy atom. The van der Waals surface area contributed by atoms with Crippen LogP contribution >= 0.6 is 0 Å². The van der Waals surface area contributed by atoms with E-state index in [9.17, 15) is 4.79 Å². The molecule has 1 aromatic heterocycles. The Morgan fingerprint density at radius 2 is 2.47 bits per heavy atom. The van der Waals surface area contributed by atoms with Crippen molar-refractivity contribution < 1.29 is 4.79 Å². The zero-order chi connectivity index (χ0) is 10.7. The molecule has 0 aliphatic carbocycles. The summed E-state index contributed by atoms with van der Waals surface area (Å²) in [5.41, 5.74) is 1.09. The van der Waals surface area contributed by atoms with Gasteiger partial charge in [-0.15, -0.1) is 0 Å². The van der Waals surface area contributed by atoms with E-state index in [0.29, 0.717) is 5.82 Å². The van der Waals surface area contributed by atoms with Crippen LogP contribution < -0.4 is 10.6 Å². The number of hydrogen-bond donors (Lipinski definition) is 2. The number of nitrogens with zero attached hydrogens (tertiary/aromatic N) is 1. The molecule has 15 heavy (non-hydrogen) atoms. The molecule has 0 radical (unpaired) electrons. The number of carbonyl (C=O) groups excluding carboxylic acids is 1. The number of anilines is 1. The fourth-order valence-corrected chi connectivity index (χ4v) is 1.66. The number of aromatic nitrogens is 1. The molecule has 0 aromatic carbocycles. The van der Waals surface area contributed by atoms with E-state index >= 15 is 0 Å². The summed E-state index contributed by atoms with van der Waals surface area (Å²) in [5, 5.41) is 5.95. The third-order valence-electron chi connectivity index (χ3n) is 2.54. The number of carbonyl (C=O) groups is 1. The Hall–Kier alpha value is -1.42. The second-order valence-electron chi connectivity index (χ2n) is 3.86. The van der Waals surface area contributed by atoms with E-state index in [1.807, 2.05) is 19.1 Å². The summed E-state index contributed by atoms with van der Waals surface area (Å²) in [6.07, 6.45) is 3.73. The van der Waals surface area contributed by atoms with Gasteiger partial charge in [-0.05, 0) is 37.9 Å². The van der Waals surface area contributed by atoms with E-state index in [0.717, 1.165) is 24.9 Å². The average molecular weight is 205 g/mol. The molecule has 1 atom stereocenters. The molecular weight excluding hydrogens is 190 g/mol. The lowest BCUT2D eigenvalue weighted by molar-refractivity contribution is -0.117. The third-order valence-corrected chi connectivity index (χ3v) is 2.54. The van der Waals surface area contributed by atoms with Gasteiger partial charge in [-0.25, -0.2) is 4.98 Å². The molecule has 1 saturated heterocycles. The van der Waals surface area contributed by atoms with E-state index in [2.05, 4.69) is 15.6 Å².